The van der Waals surface area contributed by atoms with Crippen molar-refractivity contribution >= 4 is 19.6 Å². The summed E-state index contributed by atoms with van der Waals surface area (Å²) in [5, 5.41) is 0. The fraction of sp³-hybridized carbons (Fsp3) is 0.0952. The van der Waals surface area contributed by atoms with Crippen LogP contribution in [0.4, 0.5) is 5.69 Å². The van der Waals surface area contributed by atoms with Gasteiger partial charge in [0.2, 0.25) is 0 Å². The molecule has 0 unspecified atom stereocenters. The summed E-state index contributed by atoms with van der Waals surface area (Å²) < 4.78 is 11.8. The summed E-state index contributed by atoms with van der Waals surface area (Å²) in [4.78, 5) is 15.0. The normalized spacial score (nSPS) is 10.4. The molecule has 0 saturated heterocycles. The summed E-state index contributed by atoms with van der Waals surface area (Å²) in [5.74, 6) is 1.21. The molecule has 3 aromatic rings. The van der Waals surface area contributed by atoms with Crippen LogP contribution in [0, 0.1) is 0 Å². The number of carbonyl (C=O) groups is 1. The number of rotatable bonds is 7. The monoisotopic (exact) mass is 365 g/mol. The molecule has 0 saturated carbocycles. The molecule has 0 radical (unpaired) electrons. The highest BCUT2D eigenvalue weighted by molar-refractivity contribution is 7.67. The quantitative estimate of drug-likeness (QED) is 0.528. The number of para-hydroxylation sites is 2. The first-order valence-electron chi connectivity index (χ1n) is 8.21. The van der Waals surface area contributed by atoms with Crippen molar-refractivity contribution in [3.05, 3.63) is 90.5 Å². The van der Waals surface area contributed by atoms with Gasteiger partial charge in [-0.1, -0.05) is 36.4 Å². The summed E-state index contributed by atoms with van der Waals surface area (Å²) in [6.07, 6.45) is 0. The van der Waals surface area contributed by atoms with E-state index in [1.807, 2.05) is 91.8 Å². The summed E-state index contributed by atoms with van der Waals surface area (Å²) in [7, 11) is 2.09. The van der Waals surface area contributed by atoms with Gasteiger partial charge in [0.25, 0.3) is 5.52 Å². The van der Waals surface area contributed by atoms with Crippen LogP contribution in [0.5, 0.6) is 11.5 Å². The van der Waals surface area contributed by atoms with Crippen LogP contribution in [0.2, 0.25) is 0 Å². The SMILES string of the molecule is CN(C)c1ccc(C(=O)P(Oc2ccccc2)Oc2ccccc2)cc1. The van der Waals surface area contributed by atoms with E-state index < -0.39 is 8.38 Å². The first-order valence-corrected chi connectivity index (χ1v) is 9.39. The lowest BCUT2D eigenvalue weighted by Crippen LogP contribution is -2.10. The van der Waals surface area contributed by atoms with E-state index in [2.05, 4.69) is 0 Å². The Kier molecular flexibility index (Phi) is 5.88. The highest BCUT2D eigenvalue weighted by atomic mass is 31.2. The van der Waals surface area contributed by atoms with Crippen molar-refractivity contribution in [1.82, 2.24) is 0 Å². The van der Waals surface area contributed by atoms with Crippen LogP contribution in [0.3, 0.4) is 0 Å². The zero-order chi connectivity index (χ0) is 18.4. The second kappa shape index (κ2) is 8.50. The van der Waals surface area contributed by atoms with E-state index >= 15 is 0 Å². The van der Waals surface area contributed by atoms with E-state index in [-0.39, 0.29) is 5.52 Å². The van der Waals surface area contributed by atoms with Crippen LogP contribution >= 0.6 is 8.38 Å². The molecular weight excluding hydrogens is 345 g/mol. The van der Waals surface area contributed by atoms with Gasteiger partial charge < -0.3 is 13.9 Å². The van der Waals surface area contributed by atoms with Gasteiger partial charge in [-0.2, -0.15) is 0 Å². The Morgan fingerprint density at radius 2 is 1.19 bits per heavy atom. The number of carbonyl (C=O) groups excluding carboxylic acids is 1. The van der Waals surface area contributed by atoms with Crippen molar-refractivity contribution in [2.75, 3.05) is 19.0 Å². The molecule has 0 fully saturated rings. The molecule has 0 aromatic heterocycles. The third-order valence-electron chi connectivity index (χ3n) is 3.66. The molecule has 0 bridgehead atoms. The van der Waals surface area contributed by atoms with E-state index in [1.165, 1.54) is 0 Å². The van der Waals surface area contributed by atoms with Gasteiger partial charge in [0.1, 0.15) is 11.5 Å². The Hall–Kier alpha value is -2.84. The summed E-state index contributed by atoms with van der Waals surface area (Å²) >= 11 is 0. The van der Waals surface area contributed by atoms with Crippen LogP contribution < -0.4 is 13.9 Å². The number of hydrogen-bond acceptors (Lipinski definition) is 4. The maximum Gasteiger partial charge on any atom is 0.370 e. The van der Waals surface area contributed by atoms with Crippen LogP contribution in [-0.4, -0.2) is 19.6 Å². The summed E-state index contributed by atoms with van der Waals surface area (Å²) in [5.41, 5.74) is 1.42. The van der Waals surface area contributed by atoms with Gasteiger partial charge in [-0.15, -0.1) is 0 Å². The predicted octanol–water partition coefficient (Wildman–Crippen LogP) is 5.36. The maximum absolute atomic E-state index is 13.0. The first-order chi connectivity index (χ1) is 12.6. The fourth-order valence-corrected chi connectivity index (χ4v) is 3.45. The molecule has 132 valence electrons. The van der Waals surface area contributed by atoms with E-state index in [0.717, 1.165) is 5.69 Å². The average molecular weight is 365 g/mol. The number of benzene rings is 3. The maximum atomic E-state index is 13.0. The molecule has 0 amide bonds. The van der Waals surface area contributed by atoms with Gasteiger partial charge in [0.05, 0.1) is 0 Å². The van der Waals surface area contributed by atoms with Crippen molar-refractivity contribution in [2.24, 2.45) is 0 Å². The standard InChI is InChI=1S/C21H20NO3P/c1-22(2)18-15-13-17(14-16-18)21(23)26(24-19-9-5-3-6-10-19)25-20-11-7-4-8-12-20/h3-16H,1-2H3. The lowest BCUT2D eigenvalue weighted by Gasteiger charge is -2.18. The smallest absolute Gasteiger partial charge is 0.370 e. The van der Waals surface area contributed by atoms with Crippen LogP contribution in [-0.2, 0) is 0 Å². The van der Waals surface area contributed by atoms with Gasteiger partial charge in [0.15, 0.2) is 0 Å². The van der Waals surface area contributed by atoms with E-state index in [1.54, 1.807) is 12.1 Å². The van der Waals surface area contributed by atoms with Gasteiger partial charge in [-0.05, 0) is 48.5 Å². The minimum Gasteiger partial charge on any atom is -0.433 e. The Morgan fingerprint density at radius 3 is 1.62 bits per heavy atom. The molecule has 0 aliphatic carbocycles. The lowest BCUT2D eigenvalue weighted by atomic mass is 10.2. The Labute approximate surface area is 154 Å². The molecule has 4 nitrogen and oxygen atoms in total. The molecule has 0 aliphatic heterocycles. The second-order valence-electron chi connectivity index (χ2n) is 5.81. The van der Waals surface area contributed by atoms with Crippen molar-refractivity contribution in [1.29, 1.82) is 0 Å². The molecule has 0 heterocycles. The number of anilines is 1. The number of hydrogen-bond donors (Lipinski definition) is 0. The molecule has 3 aromatic carbocycles. The Morgan fingerprint density at radius 1 is 0.731 bits per heavy atom. The van der Waals surface area contributed by atoms with Crippen LogP contribution in [0.25, 0.3) is 0 Å². The molecule has 26 heavy (non-hydrogen) atoms. The molecule has 0 atom stereocenters. The first kappa shape index (κ1) is 18.0. The highest BCUT2D eigenvalue weighted by Crippen LogP contribution is 2.43. The average Bonchev–Trinajstić information content (AvgIpc) is 2.68. The minimum atomic E-state index is -1.83. The Balaban J connectivity index is 1.84. The zero-order valence-corrected chi connectivity index (χ0v) is 15.6. The molecule has 0 spiro atoms. The van der Waals surface area contributed by atoms with Crippen molar-refractivity contribution in [2.45, 2.75) is 0 Å². The van der Waals surface area contributed by atoms with E-state index in [0.29, 0.717) is 17.1 Å². The minimum absolute atomic E-state index is 0.169. The topological polar surface area (TPSA) is 38.8 Å². The van der Waals surface area contributed by atoms with Gasteiger partial charge in [-0.25, -0.2) is 0 Å². The third-order valence-corrected chi connectivity index (χ3v) is 5.00. The highest BCUT2D eigenvalue weighted by Gasteiger charge is 2.27. The van der Waals surface area contributed by atoms with Crippen LogP contribution in [0.1, 0.15) is 10.4 Å². The third kappa shape index (κ3) is 4.62. The molecule has 0 aliphatic rings. The molecule has 3 rings (SSSR count). The molecule has 5 heteroatoms. The molecular formula is C21H20NO3P. The van der Waals surface area contributed by atoms with Gasteiger partial charge >= 0.3 is 8.38 Å². The predicted molar refractivity (Wildman–Crippen MR) is 106 cm³/mol. The van der Waals surface area contributed by atoms with E-state index in [9.17, 15) is 4.79 Å². The van der Waals surface area contributed by atoms with Gasteiger partial charge in [-0.3, -0.25) is 4.79 Å². The van der Waals surface area contributed by atoms with Gasteiger partial charge in [0, 0.05) is 25.3 Å². The lowest BCUT2D eigenvalue weighted by molar-refractivity contribution is 0.106. The molecule has 0 N–H and O–H groups in total. The second-order valence-corrected chi connectivity index (χ2v) is 7.10. The summed E-state index contributed by atoms with van der Waals surface area (Å²) in [6.45, 7) is 0. The van der Waals surface area contributed by atoms with Crippen molar-refractivity contribution in [3.63, 3.8) is 0 Å². The summed E-state index contributed by atoms with van der Waals surface area (Å²) in [6, 6.07) is 25.9. The Bertz CT molecular complexity index is 795. The van der Waals surface area contributed by atoms with E-state index in [4.69, 9.17) is 9.05 Å². The van der Waals surface area contributed by atoms with Crippen LogP contribution in [0.15, 0.2) is 84.9 Å². The largest absolute Gasteiger partial charge is 0.433 e. The van der Waals surface area contributed by atoms with Crippen molar-refractivity contribution < 1.29 is 13.8 Å². The number of nitrogens with zero attached hydrogens (tertiary/aromatic N) is 1. The fourth-order valence-electron chi connectivity index (χ4n) is 2.26. The zero-order valence-electron chi connectivity index (χ0n) is 14.7. The van der Waals surface area contributed by atoms with Crippen molar-refractivity contribution in [3.8, 4) is 11.5 Å².